The maximum atomic E-state index is 14.0. The minimum atomic E-state index is -3.86. The average Bonchev–Trinajstić information content (AvgIpc) is 3.40. The summed E-state index contributed by atoms with van der Waals surface area (Å²) in [4.78, 5) is 17.5. The van der Waals surface area contributed by atoms with E-state index in [0.717, 1.165) is 10.6 Å². The number of fused-ring (bicyclic) bond motifs is 1. The van der Waals surface area contributed by atoms with Crippen LogP contribution in [0.3, 0.4) is 0 Å². The summed E-state index contributed by atoms with van der Waals surface area (Å²) in [5.41, 5.74) is 1.99. The van der Waals surface area contributed by atoms with Gasteiger partial charge in [-0.1, -0.05) is 17.7 Å². The van der Waals surface area contributed by atoms with Crippen molar-refractivity contribution in [2.24, 2.45) is 5.92 Å². The van der Waals surface area contributed by atoms with Crippen LogP contribution < -0.4 is 0 Å². The quantitative estimate of drug-likeness (QED) is 0.598. The monoisotopic (exact) mass is 416 g/mol. The van der Waals surface area contributed by atoms with E-state index in [4.69, 9.17) is 4.84 Å². The third kappa shape index (κ3) is 3.32. The van der Waals surface area contributed by atoms with E-state index in [2.05, 4.69) is 0 Å². The van der Waals surface area contributed by atoms with Crippen molar-refractivity contribution >= 4 is 26.8 Å². The minimum absolute atomic E-state index is 0.151. The van der Waals surface area contributed by atoms with Gasteiger partial charge in [-0.05, 0) is 55.2 Å². The molecule has 29 heavy (non-hydrogen) atoms. The molecule has 0 N–H and O–H groups in total. The number of benzene rings is 2. The Morgan fingerprint density at radius 2 is 1.90 bits per heavy atom. The van der Waals surface area contributed by atoms with E-state index in [0.29, 0.717) is 22.9 Å². The van der Waals surface area contributed by atoms with Gasteiger partial charge in [0.25, 0.3) is 10.0 Å². The highest BCUT2D eigenvalue weighted by Gasteiger charge is 2.47. The molecule has 1 saturated carbocycles. The summed E-state index contributed by atoms with van der Waals surface area (Å²) >= 11 is 0. The molecule has 0 radical (unpaired) electrons. The lowest BCUT2D eigenvalue weighted by atomic mass is 10.1. The Labute approximate surface area is 168 Å². The number of halogens is 1. The molecule has 0 aliphatic heterocycles. The number of carbonyl (C=O) groups excluding carboxylic acids is 1. The topological polar surface area (TPSA) is 68.6 Å². The summed E-state index contributed by atoms with van der Waals surface area (Å²) in [6, 6.07) is 10.6. The molecule has 0 saturated heterocycles. The lowest BCUT2D eigenvalue weighted by Crippen LogP contribution is -2.27. The molecular weight excluding hydrogens is 395 g/mol. The number of hydrogen-bond donors (Lipinski definition) is 0. The SMILES string of the molecule is CON(C)C(=O)[C@@H]1C[C@H]1c1cn(S(=O)(=O)c2ccc(C)cc2)c2ccc(F)cc12. The van der Waals surface area contributed by atoms with Crippen molar-refractivity contribution in [3.63, 3.8) is 0 Å². The van der Waals surface area contributed by atoms with Gasteiger partial charge in [0.1, 0.15) is 5.82 Å². The van der Waals surface area contributed by atoms with Crippen LogP contribution in [0.5, 0.6) is 0 Å². The van der Waals surface area contributed by atoms with Crippen LogP contribution in [-0.2, 0) is 19.7 Å². The van der Waals surface area contributed by atoms with Gasteiger partial charge in [0.05, 0.1) is 17.5 Å². The number of carbonyl (C=O) groups is 1. The first-order valence-electron chi connectivity index (χ1n) is 9.18. The third-order valence-corrected chi connectivity index (χ3v) is 7.12. The van der Waals surface area contributed by atoms with Gasteiger partial charge < -0.3 is 0 Å². The first kappa shape index (κ1) is 19.6. The fourth-order valence-corrected chi connectivity index (χ4v) is 5.03. The van der Waals surface area contributed by atoms with Crippen LogP contribution in [0.2, 0.25) is 0 Å². The molecular formula is C21H21FN2O4S. The molecule has 1 amide bonds. The van der Waals surface area contributed by atoms with E-state index < -0.39 is 15.8 Å². The molecule has 4 rings (SSSR count). The lowest BCUT2D eigenvalue weighted by Gasteiger charge is -2.13. The van der Waals surface area contributed by atoms with Crippen LogP contribution >= 0.6 is 0 Å². The first-order chi connectivity index (χ1) is 13.7. The smallest absolute Gasteiger partial charge is 0.268 e. The Morgan fingerprint density at radius 3 is 2.55 bits per heavy atom. The summed E-state index contributed by atoms with van der Waals surface area (Å²) in [5.74, 6) is -1.14. The van der Waals surface area contributed by atoms with Crippen molar-refractivity contribution in [3.05, 3.63) is 65.6 Å². The molecule has 0 unspecified atom stereocenters. The van der Waals surface area contributed by atoms with E-state index in [1.807, 2.05) is 6.92 Å². The maximum Gasteiger partial charge on any atom is 0.268 e. The molecule has 2 aromatic carbocycles. The standard InChI is InChI=1S/C21H21FN2O4S/c1-13-4-7-15(8-5-13)29(26,27)24-12-19(17-10-14(22)6-9-20(17)24)16-11-18(16)21(25)23(2)28-3/h4-10,12,16,18H,11H2,1-3H3/t16-,18-/m1/s1. The molecule has 0 bridgehead atoms. The number of aryl methyl sites for hydroxylation is 1. The van der Waals surface area contributed by atoms with Crippen molar-refractivity contribution in [2.45, 2.75) is 24.2 Å². The molecule has 1 aliphatic rings. The van der Waals surface area contributed by atoms with Crippen molar-refractivity contribution in [1.82, 2.24) is 9.04 Å². The normalized spacial score (nSPS) is 18.8. The van der Waals surface area contributed by atoms with Crippen LogP contribution in [0, 0.1) is 18.7 Å². The highest BCUT2D eigenvalue weighted by atomic mass is 32.2. The van der Waals surface area contributed by atoms with Crippen LogP contribution in [0.25, 0.3) is 10.9 Å². The molecule has 1 aromatic heterocycles. The summed E-state index contributed by atoms with van der Waals surface area (Å²) < 4.78 is 41.6. The second-order valence-corrected chi connectivity index (χ2v) is 9.14. The Morgan fingerprint density at radius 1 is 1.21 bits per heavy atom. The van der Waals surface area contributed by atoms with E-state index in [-0.39, 0.29) is 22.6 Å². The van der Waals surface area contributed by atoms with Crippen LogP contribution in [0.1, 0.15) is 23.5 Å². The molecule has 2 atom stereocenters. The Kier molecular flexibility index (Phi) is 4.71. The Balaban J connectivity index is 1.82. The van der Waals surface area contributed by atoms with Gasteiger partial charge in [-0.15, -0.1) is 0 Å². The van der Waals surface area contributed by atoms with Gasteiger partial charge in [0.15, 0.2) is 0 Å². The summed E-state index contributed by atoms with van der Waals surface area (Å²) in [5, 5.41) is 1.66. The summed E-state index contributed by atoms with van der Waals surface area (Å²) in [7, 11) is -0.927. The van der Waals surface area contributed by atoms with Crippen molar-refractivity contribution < 1.29 is 22.4 Å². The Hall–Kier alpha value is -2.71. The van der Waals surface area contributed by atoms with Crippen LogP contribution in [0.15, 0.2) is 53.6 Å². The molecule has 3 aromatic rings. The second kappa shape index (κ2) is 6.96. The number of hydrogen-bond acceptors (Lipinski definition) is 4. The van der Waals surface area contributed by atoms with E-state index >= 15 is 0 Å². The van der Waals surface area contributed by atoms with Gasteiger partial charge in [-0.3, -0.25) is 9.63 Å². The molecule has 0 spiro atoms. The molecule has 8 heteroatoms. The van der Waals surface area contributed by atoms with E-state index in [1.54, 1.807) is 24.3 Å². The number of hydroxylamine groups is 2. The third-order valence-electron chi connectivity index (χ3n) is 5.43. The molecule has 1 fully saturated rings. The minimum Gasteiger partial charge on any atom is -0.275 e. The zero-order chi connectivity index (χ0) is 20.9. The van der Waals surface area contributed by atoms with Gasteiger partial charge in [-0.2, -0.15) is 0 Å². The highest BCUT2D eigenvalue weighted by Crippen LogP contribution is 2.51. The second-order valence-electron chi connectivity index (χ2n) is 7.33. The van der Waals surface area contributed by atoms with Crippen molar-refractivity contribution in [2.75, 3.05) is 14.2 Å². The zero-order valence-corrected chi connectivity index (χ0v) is 17.1. The largest absolute Gasteiger partial charge is 0.275 e. The maximum absolute atomic E-state index is 14.0. The summed E-state index contributed by atoms with van der Waals surface area (Å²) in [6.07, 6.45) is 2.08. The van der Waals surface area contributed by atoms with Crippen LogP contribution in [-0.4, -0.2) is 37.5 Å². The van der Waals surface area contributed by atoms with Crippen molar-refractivity contribution in [3.8, 4) is 0 Å². The van der Waals surface area contributed by atoms with Gasteiger partial charge in [-0.25, -0.2) is 21.8 Å². The predicted molar refractivity (Wildman–Crippen MR) is 106 cm³/mol. The fraction of sp³-hybridized carbons (Fsp3) is 0.286. The predicted octanol–water partition coefficient (Wildman–Crippen LogP) is 3.45. The number of nitrogens with zero attached hydrogens (tertiary/aromatic N) is 2. The first-order valence-corrected chi connectivity index (χ1v) is 10.6. The van der Waals surface area contributed by atoms with Gasteiger partial charge >= 0.3 is 0 Å². The number of rotatable bonds is 5. The lowest BCUT2D eigenvalue weighted by molar-refractivity contribution is -0.170. The van der Waals surface area contributed by atoms with E-state index in [9.17, 15) is 17.6 Å². The van der Waals surface area contributed by atoms with Gasteiger partial charge in [0, 0.05) is 24.5 Å². The molecule has 152 valence electrons. The molecule has 1 heterocycles. The highest BCUT2D eigenvalue weighted by molar-refractivity contribution is 7.90. The van der Waals surface area contributed by atoms with Crippen molar-refractivity contribution in [1.29, 1.82) is 0 Å². The number of amides is 1. The molecule has 6 nitrogen and oxygen atoms in total. The summed E-state index contributed by atoms with van der Waals surface area (Å²) in [6.45, 7) is 1.88. The Bertz CT molecular complexity index is 1200. The van der Waals surface area contributed by atoms with Crippen LogP contribution in [0.4, 0.5) is 4.39 Å². The zero-order valence-electron chi connectivity index (χ0n) is 16.3. The van der Waals surface area contributed by atoms with E-state index in [1.165, 1.54) is 42.5 Å². The average molecular weight is 416 g/mol. The van der Waals surface area contributed by atoms with Gasteiger partial charge in [0.2, 0.25) is 5.91 Å². The fourth-order valence-electron chi connectivity index (χ4n) is 3.65. The number of aromatic nitrogens is 1. The molecule has 1 aliphatic carbocycles.